The molecule has 4 rings (SSSR count). The van der Waals surface area contributed by atoms with Gasteiger partial charge in [0, 0.05) is 22.3 Å². The Morgan fingerprint density at radius 3 is 2.48 bits per heavy atom. The van der Waals surface area contributed by atoms with Crippen molar-refractivity contribution < 1.29 is 13.2 Å². The van der Waals surface area contributed by atoms with Gasteiger partial charge in [-0.25, -0.2) is 8.42 Å². The largest absolute Gasteiger partial charge is 0.326 e. The number of benzene rings is 3. The molecule has 1 heterocycles. The number of hydrogen-bond acceptors (Lipinski definition) is 3. The highest BCUT2D eigenvalue weighted by molar-refractivity contribution is 14.1. The second-order valence-corrected chi connectivity index (χ2v) is 10.4. The normalized spacial score (nSPS) is 17.9. The minimum atomic E-state index is -3.65. The molecule has 3 aromatic carbocycles. The molecule has 0 unspecified atom stereocenters. The second kappa shape index (κ2) is 8.41. The molecule has 29 heavy (non-hydrogen) atoms. The van der Waals surface area contributed by atoms with Crippen LogP contribution in [0.2, 0.25) is 0 Å². The van der Waals surface area contributed by atoms with Crippen LogP contribution in [-0.4, -0.2) is 31.7 Å². The van der Waals surface area contributed by atoms with Crippen LogP contribution in [0, 0.1) is 9.49 Å². The van der Waals surface area contributed by atoms with Crippen molar-refractivity contribution in [2.75, 3.05) is 18.4 Å². The number of hydrogen-bond donors (Lipinski definition) is 1. The lowest BCUT2D eigenvalue weighted by Crippen LogP contribution is -2.43. The zero-order valence-corrected chi connectivity index (χ0v) is 18.7. The van der Waals surface area contributed by atoms with E-state index in [0.717, 1.165) is 20.0 Å². The highest BCUT2D eigenvalue weighted by Crippen LogP contribution is 2.27. The minimum absolute atomic E-state index is 0.135. The summed E-state index contributed by atoms with van der Waals surface area (Å²) in [4.78, 5) is 13.0. The fraction of sp³-hybridized carbons (Fsp3) is 0.227. The Morgan fingerprint density at radius 1 is 1.00 bits per heavy atom. The lowest BCUT2D eigenvalue weighted by molar-refractivity contribution is -0.120. The molecule has 0 aromatic heterocycles. The molecule has 1 N–H and O–H groups in total. The zero-order valence-electron chi connectivity index (χ0n) is 15.7. The third-order valence-corrected chi connectivity index (χ3v) is 7.81. The molecule has 1 fully saturated rings. The number of piperidine rings is 1. The van der Waals surface area contributed by atoms with Crippen molar-refractivity contribution in [2.45, 2.75) is 17.7 Å². The van der Waals surface area contributed by atoms with Crippen LogP contribution < -0.4 is 5.32 Å². The first-order chi connectivity index (χ1) is 13.9. The van der Waals surface area contributed by atoms with Gasteiger partial charge >= 0.3 is 0 Å². The Morgan fingerprint density at radius 2 is 1.72 bits per heavy atom. The van der Waals surface area contributed by atoms with Crippen LogP contribution in [0.15, 0.2) is 71.6 Å². The first kappa shape index (κ1) is 20.3. The average Bonchev–Trinajstić information content (AvgIpc) is 2.75. The standard InChI is InChI=1S/C22H21IN2O3S/c23-19-8-10-20(11-9-19)24-22(26)18-6-3-13-25(15-18)29(27,28)21-12-7-16-4-1-2-5-17(16)14-21/h1-2,4-5,7-12,14,18H,3,6,13,15H2,(H,24,26)/t18-/m1/s1. The lowest BCUT2D eigenvalue weighted by atomic mass is 9.99. The highest BCUT2D eigenvalue weighted by atomic mass is 127. The second-order valence-electron chi connectivity index (χ2n) is 7.21. The van der Waals surface area contributed by atoms with Gasteiger partial charge in [-0.05, 0) is 82.6 Å². The Balaban J connectivity index is 1.51. The Kier molecular flexibility index (Phi) is 5.89. The van der Waals surface area contributed by atoms with Crippen LogP contribution >= 0.6 is 22.6 Å². The van der Waals surface area contributed by atoms with E-state index in [1.165, 1.54) is 4.31 Å². The van der Waals surface area contributed by atoms with E-state index in [1.807, 2.05) is 54.6 Å². The van der Waals surface area contributed by atoms with Crippen LogP contribution in [0.25, 0.3) is 10.8 Å². The van der Waals surface area contributed by atoms with E-state index in [2.05, 4.69) is 27.9 Å². The summed E-state index contributed by atoms with van der Waals surface area (Å²) in [5, 5.41) is 4.80. The number of nitrogens with one attached hydrogen (secondary N) is 1. The molecular weight excluding hydrogens is 499 g/mol. The molecule has 1 amide bonds. The number of carbonyl (C=O) groups is 1. The van der Waals surface area contributed by atoms with E-state index in [4.69, 9.17) is 0 Å². The van der Waals surface area contributed by atoms with Crippen LogP contribution in [0.3, 0.4) is 0 Å². The van der Waals surface area contributed by atoms with Crippen LogP contribution in [0.4, 0.5) is 5.69 Å². The summed E-state index contributed by atoms with van der Waals surface area (Å²) >= 11 is 2.21. The van der Waals surface area contributed by atoms with E-state index in [9.17, 15) is 13.2 Å². The maximum Gasteiger partial charge on any atom is 0.243 e. The number of amides is 1. The molecule has 1 aliphatic heterocycles. The zero-order chi connectivity index (χ0) is 20.4. The molecule has 0 radical (unpaired) electrons. The summed E-state index contributed by atoms with van der Waals surface area (Å²) in [5.74, 6) is -0.497. The Hall–Kier alpha value is -1.97. The summed E-state index contributed by atoms with van der Waals surface area (Å²) in [6, 6.07) is 20.4. The van der Waals surface area contributed by atoms with E-state index in [-0.39, 0.29) is 23.3 Å². The van der Waals surface area contributed by atoms with Crippen molar-refractivity contribution in [1.29, 1.82) is 0 Å². The number of sulfonamides is 1. The van der Waals surface area contributed by atoms with Crippen molar-refractivity contribution >= 4 is 55.0 Å². The highest BCUT2D eigenvalue weighted by Gasteiger charge is 2.33. The van der Waals surface area contributed by atoms with Gasteiger partial charge in [0.25, 0.3) is 0 Å². The van der Waals surface area contributed by atoms with Gasteiger partial charge in [-0.2, -0.15) is 4.31 Å². The van der Waals surface area contributed by atoms with E-state index >= 15 is 0 Å². The van der Waals surface area contributed by atoms with E-state index < -0.39 is 10.0 Å². The summed E-state index contributed by atoms with van der Waals surface area (Å²) in [7, 11) is -3.65. The van der Waals surface area contributed by atoms with Gasteiger partial charge in [0.15, 0.2) is 0 Å². The van der Waals surface area contributed by atoms with Crippen molar-refractivity contribution in [1.82, 2.24) is 4.31 Å². The minimum Gasteiger partial charge on any atom is -0.326 e. The number of halogens is 1. The molecule has 3 aromatic rings. The quantitative estimate of drug-likeness (QED) is 0.516. The van der Waals surface area contributed by atoms with Crippen LogP contribution in [0.1, 0.15) is 12.8 Å². The predicted octanol–water partition coefficient (Wildman–Crippen LogP) is 4.48. The first-order valence-corrected chi connectivity index (χ1v) is 12.0. The number of rotatable bonds is 4. The molecule has 0 saturated carbocycles. The average molecular weight is 520 g/mol. The Bertz CT molecular complexity index is 1150. The summed E-state index contributed by atoms with van der Waals surface area (Å²) < 4.78 is 28.9. The number of anilines is 1. The Labute approximate surface area is 184 Å². The van der Waals surface area contributed by atoms with Gasteiger partial charge in [0.1, 0.15) is 0 Å². The maximum atomic E-state index is 13.2. The smallest absolute Gasteiger partial charge is 0.243 e. The summed E-state index contributed by atoms with van der Waals surface area (Å²) in [6.07, 6.45) is 1.34. The molecule has 7 heteroatoms. The van der Waals surface area contributed by atoms with E-state index in [1.54, 1.807) is 12.1 Å². The third kappa shape index (κ3) is 4.46. The first-order valence-electron chi connectivity index (χ1n) is 9.49. The van der Waals surface area contributed by atoms with Gasteiger partial charge in [-0.3, -0.25) is 4.79 Å². The van der Waals surface area contributed by atoms with Gasteiger partial charge < -0.3 is 5.32 Å². The van der Waals surface area contributed by atoms with Crippen molar-refractivity contribution in [3.63, 3.8) is 0 Å². The maximum absolute atomic E-state index is 13.2. The molecular formula is C22H21IN2O3S. The molecule has 1 saturated heterocycles. The molecule has 1 atom stereocenters. The fourth-order valence-corrected chi connectivity index (χ4v) is 5.55. The monoisotopic (exact) mass is 520 g/mol. The van der Waals surface area contributed by atoms with Crippen molar-refractivity contribution in [2.24, 2.45) is 5.92 Å². The fourth-order valence-electron chi connectivity index (χ4n) is 3.63. The van der Waals surface area contributed by atoms with Crippen molar-refractivity contribution in [3.8, 4) is 0 Å². The number of nitrogens with zero attached hydrogens (tertiary/aromatic N) is 1. The van der Waals surface area contributed by atoms with Gasteiger partial charge in [0.2, 0.25) is 15.9 Å². The third-order valence-electron chi connectivity index (χ3n) is 5.23. The molecule has 0 spiro atoms. The molecule has 0 aliphatic carbocycles. The van der Waals surface area contributed by atoms with E-state index in [0.29, 0.717) is 19.4 Å². The molecule has 1 aliphatic rings. The van der Waals surface area contributed by atoms with Gasteiger partial charge in [-0.15, -0.1) is 0 Å². The topological polar surface area (TPSA) is 66.5 Å². The molecule has 5 nitrogen and oxygen atoms in total. The summed E-state index contributed by atoms with van der Waals surface area (Å²) in [6.45, 7) is 0.633. The van der Waals surface area contributed by atoms with Gasteiger partial charge in [-0.1, -0.05) is 30.3 Å². The molecule has 150 valence electrons. The van der Waals surface area contributed by atoms with Gasteiger partial charge in [0.05, 0.1) is 10.8 Å². The van der Waals surface area contributed by atoms with Crippen molar-refractivity contribution in [3.05, 3.63) is 70.3 Å². The van der Waals surface area contributed by atoms with Crippen LogP contribution in [0.5, 0.6) is 0 Å². The predicted molar refractivity (Wildman–Crippen MR) is 123 cm³/mol. The number of fused-ring (bicyclic) bond motifs is 1. The lowest BCUT2D eigenvalue weighted by Gasteiger charge is -2.31. The number of carbonyl (C=O) groups excluding carboxylic acids is 1. The summed E-state index contributed by atoms with van der Waals surface area (Å²) in [5.41, 5.74) is 0.727. The SMILES string of the molecule is O=C(Nc1ccc(I)cc1)[C@@H]1CCCN(S(=O)(=O)c2ccc3ccccc3c2)C1. The molecule has 0 bridgehead atoms. The van der Waals surface area contributed by atoms with Crippen LogP contribution in [-0.2, 0) is 14.8 Å².